The Balaban J connectivity index is 2.30. The van der Waals surface area contributed by atoms with Crippen LogP contribution in [0.25, 0.3) is 0 Å². The van der Waals surface area contributed by atoms with Crippen molar-refractivity contribution < 1.29 is 4.39 Å². The molecule has 0 aromatic heterocycles. The molecule has 1 N–H and O–H groups in total. The number of rotatable bonds is 6. The molecule has 1 rings (SSSR count). The van der Waals surface area contributed by atoms with E-state index in [2.05, 4.69) is 19.2 Å². The van der Waals surface area contributed by atoms with Crippen molar-refractivity contribution in [3.8, 4) is 0 Å². The Morgan fingerprint density at radius 1 is 1.47 bits per heavy atom. The van der Waals surface area contributed by atoms with Crippen molar-refractivity contribution in [2.24, 2.45) is 5.92 Å². The zero-order valence-electron chi connectivity index (χ0n) is 9.29. The van der Waals surface area contributed by atoms with Gasteiger partial charge in [0.25, 0.3) is 0 Å². The van der Waals surface area contributed by atoms with Crippen LogP contribution in [0, 0.1) is 11.7 Å². The second kappa shape index (κ2) is 6.85. The Hall–Kier alpha value is -0.540. The Bertz CT molecular complexity index is 291. The molecule has 3 heteroatoms. The van der Waals surface area contributed by atoms with Crippen LogP contribution in [0.4, 0.5) is 4.39 Å². The Morgan fingerprint density at radius 3 is 2.93 bits per heavy atom. The first-order valence-corrected chi connectivity index (χ1v) is 6.30. The molecule has 1 nitrogen and oxygen atoms in total. The fourth-order valence-corrected chi connectivity index (χ4v) is 2.21. The Labute approximate surface area is 95.5 Å². The predicted molar refractivity (Wildman–Crippen MR) is 64.8 cm³/mol. The molecule has 0 aliphatic heterocycles. The van der Waals surface area contributed by atoms with Gasteiger partial charge in [-0.1, -0.05) is 19.9 Å². The van der Waals surface area contributed by atoms with Crippen molar-refractivity contribution in [3.05, 3.63) is 30.1 Å². The lowest BCUT2D eigenvalue weighted by Gasteiger charge is -2.11. The average molecular weight is 227 g/mol. The van der Waals surface area contributed by atoms with E-state index in [4.69, 9.17) is 0 Å². The van der Waals surface area contributed by atoms with E-state index in [0.29, 0.717) is 5.92 Å². The second-order valence-electron chi connectivity index (χ2n) is 3.68. The minimum atomic E-state index is -0.153. The number of hydrogen-bond donors (Lipinski definition) is 1. The lowest BCUT2D eigenvalue weighted by molar-refractivity contribution is 0.573. The first-order valence-electron chi connectivity index (χ1n) is 5.31. The molecule has 0 saturated carbocycles. The van der Waals surface area contributed by atoms with Crippen LogP contribution in [0.15, 0.2) is 29.2 Å². The van der Waals surface area contributed by atoms with Crippen LogP contribution in [0.3, 0.4) is 0 Å². The quantitative estimate of drug-likeness (QED) is 0.749. The van der Waals surface area contributed by atoms with Crippen molar-refractivity contribution in [1.82, 2.24) is 5.32 Å². The summed E-state index contributed by atoms with van der Waals surface area (Å²) in [6.07, 6.45) is 0. The van der Waals surface area contributed by atoms with Gasteiger partial charge >= 0.3 is 0 Å². The van der Waals surface area contributed by atoms with E-state index in [1.807, 2.05) is 6.07 Å². The number of hydrogen-bond acceptors (Lipinski definition) is 2. The largest absolute Gasteiger partial charge is 0.317 e. The first kappa shape index (κ1) is 12.5. The summed E-state index contributed by atoms with van der Waals surface area (Å²) >= 11 is 1.71. The molecule has 0 aliphatic rings. The molecule has 0 spiro atoms. The Morgan fingerprint density at radius 2 is 2.27 bits per heavy atom. The summed E-state index contributed by atoms with van der Waals surface area (Å²) in [6.45, 7) is 6.34. The molecule has 1 atom stereocenters. The van der Waals surface area contributed by atoms with Crippen LogP contribution in [0.1, 0.15) is 13.8 Å². The normalized spacial score (nSPS) is 12.7. The third kappa shape index (κ3) is 5.19. The van der Waals surface area contributed by atoms with Gasteiger partial charge in [0.1, 0.15) is 5.82 Å². The zero-order chi connectivity index (χ0) is 11.1. The van der Waals surface area contributed by atoms with Crippen molar-refractivity contribution >= 4 is 11.8 Å². The van der Waals surface area contributed by atoms with Crippen LogP contribution in [0.2, 0.25) is 0 Å². The highest BCUT2D eigenvalue weighted by atomic mass is 32.2. The molecule has 84 valence electrons. The molecule has 0 radical (unpaired) electrons. The van der Waals surface area contributed by atoms with Gasteiger partial charge in [0.15, 0.2) is 0 Å². The molecule has 1 aromatic rings. The molecule has 0 amide bonds. The smallest absolute Gasteiger partial charge is 0.124 e. The third-order valence-electron chi connectivity index (χ3n) is 2.07. The molecule has 15 heavy (non-hydrogen) atoms. The van der Waals surface area contributed by atoms with Gasteiger partial charge in [-0.2, -0.15) is 0 Å². The number of nitrogens with one attached hydrogen (secondary N) is 1. The molecule has 0 heterocycles. The minimum Gasteiger partial charge on any atom is -0.317 e. The lowest BCUT2D eigenvalue weighted by Crippen LogP contribution is -2.21. The third-order valence-corrected chi connectivity index (χ3v) is 3.40. The van der Waals surface area contributed by atoms with Crippen molar-refractivity contribution in [2.45, 2.75) is 18.7 Å². The van der Waals surface area contributed by atoms with Crippen molar-refractivity contribution in [1.29, 1.82) is 0 Å². The maximum absolute atomic E-state index is 12.9. The van der Waals surface area contributed by atoms with Crippen LogP contribution >= 0.6 is 11.8 Å². The fourth-order valence-electron chi connectivity index (χ4n) is 1.24. The molecule has 0 saturated heterocycles. The highest BCUT2D eigenvalue weighted by molar-refractivity contribution is 7.99. The lowest BCUT2D eigenvalue weighted by atomic mass is 10.2. The monoisotopic (exact) mass is 227 g/mol. The maximum atomic E-state index is 12.9. The standard InChI is InChI=1S/C12H18FNS/c1-3-14-8-10(2)9-15-12-6-4-5-11(13)7-12/h4-7,10,14H,3,8-9H2,1-2H3. The van der Waals surface area contributed by atoms with Gasteiger partial charge in [-0.25, -0.2) is 4.39 Å². The summed E-state index contributed by atoms with van der Waals surface area (Å²) in [5, 5.41) is 3.31. The van der Waals surface area contributed by atoms with Crippen LogP contribution in [-0.4, -0.2) is 18.8 Å². The van der Waals surface area contributed by atoms with Crippen molar-refractivity contribution in [2.75, 3.05) is 18.8 Å². The number of halogens is 1. The van der Waals surface area contributed by atoms with E-state index in [-0.39, 0.29) is 5.82 Å². The average Bonchev–Trinajstić information content (AvgIpc) is 2.23. The summed E-state index contributed by atoms with van der Waals surface area (Å²) in [7, 11) is 0. The highest BCUT2D eigenvalue weighted by Gasteiger charge is 2.02. The fraction of sp³-hybridized carbons (Fsp3) is 0.500. The summed E-state index contributed by atoms with van der Waals surface area (Å²) < 4.78 is 12.9. The van der Waals surface area contributed by atoms with Crippen molar-refractivity contribution in [3.63, 3.8) is 0 Å². The zero-order valence-corrected chi connectivity index (χ0v) is 10.1. The van der Waals surface area contributed by atoms with Crippen LogP contribution in [-0.2, 0) is 0 Å². The van der Waals surface area contributed by atoms with E-state index in [0.717, 1.165) is 23.7 Å². The van der Waals surface area contributed by atoms with Crippen LogP contribution < -0.4 is 5.32 Å². The van der Waals surface area contributed by atoms with Crippen LogP contribution in [0.5, 0.6) is 0 Å². The van der Waals surface area contributed by atoms with Gasteiger partial charge < -0.3 is 5.32 Å². The molecular weight excluding hydrogens is 209 g/mol. The number of benzene rings is 1. The first-order chi connectivity index (χ1) is 7.22. The van der Waals surface area contributed by atoms with Gasteiger partial charge in [0.05, 0.1) is 0 Å². The van der Waals surface area contributed by atoms with E-state index >= 15 is 0 Å². The minimum absolute atomic E-state index is 0.153. The van der Waals surface area contributed by atoms with E-state index < -0.39 is 0 Å². The van der Waals surface area contributed by atoms with Gasteiger partial charge in [0, 0.05) is 10.6 Å². The molecule has 0 aliphatic carbocycles. The van der Waals surface area contributed by atoms with Gasteiger partial charge in [0.2, 0.25) is 0 Å². The maximum Gasteiger partial charge on any atom is 0.124 e. The van der Waals surface area contributed by atoms with E-state index in [9.17, 15) is 4.39 Å². The summed E-state index contributed by atoms with van der Waals surface area (Å²) in [5.41, 5.74) is 0. The summed E-state index contributed by atoms with van der Waals surface area (Å²) in [5.74, 6) is 1.48. The SMILES string of the molecule is CCNCC(C)CSc1cccc(F)c1. The molecule has 1 aromatic carbocycles. The summed E-state index contributed by atoms with van der Waals surface area (Å²) in [6, 6.07) is 6.77. The number of thioether (sulfide) groups is 1. The highest BCUT2D eigenvalue weighted by Crippen LogP contribution is 2.20. The predicted octanol–water partition coefficient (Wildman–Crippen LogP) is 3.16. The van der Waals surface area contributed by atoms with Gasteiger partial charge in [-0.15, -0.1) is 11.8 Å². The molecule has 1 unspecified atom stereocenters. The molecule has 0 bridgehead atoms. The molecular formula is C12H18FNS. The second-order valence-corrected chi connectivity index (χ2v) is 4.77. The van der Waals surface area contributed by atoms with E-state index in [1.54, 1.807) is 23.9 Å². The Kier molecular flexibility index (Phi) is 5.73. The topological polar surface area (TPSA) is 12.0 Å². The van der Waals surface area contributed by atoms with E-state index in [1.165, 1.54) is 6.07 Å². The van der Waals surface area contributed by atoms with Gasteiger partial charge in [-0.3, -0.25) is 0 Å². The van der Waals surface area contributed by atoms with Gasteiger partial charge in [-0.05, 0) is 37.2 Å². The summed E-state index contributed by atoms with van der Waals surface area (Å²) in [4.78, 5) is 1.01. The molecule has 0 fully saturated rings.